The van der Waals surface area contributed by atoms with Crippen LogP contribution in [0.25, 0.3) is 0 Å². The Balaban J connectivity index is 1.80. The van der Waals surface area contributed by atoms with E-state index in [1.54, 1.807) is 12.8 Å². The van der Waals surface area contributed by atoms with Crippen molar-refractivity contribution in [1.29, 1.82) is 0 Å². The van der Waals surface area contributed by atoms with Crippen LogP contribution in [0.1, 0.15) is 40.5 Å². The van der Waals surface area contributed by atoms with Crippen LogP contribution in [0.2, 0.25) is 0 Å². The first-order valence-corrected chi connectivity index (χ1v) is 6.33. The van der Waals surface area contributed by atoms with Crippen molar-refractivity contribution in [1.82, 2.24) is 4.90 Å². The van der Waals surface area contributed by atoms with Gasteiger partial charge in [0.1, 0.15) is 0 Å². The van der Waals surface area contributed by atoms with Gasteiger partial charge in [-0.1, -0.05) is 13.8 Å². The molecule has 1 saturated heterocycles. The first-order valence-electron chi connectivity index (χ1n) is 6.33. The van der Waals surface area contributed by atoms with Gasteiger partial charge in [-0.2, -0.15) is 0 Å². The Morgan fingerprint density at radius 3 is 2.21 bits per heavy atom. The van der Waals surface area contributed by atoms with Crippen molar-refractivity contribution in [2.24, 2.45) is 23.2 Å². The molecule has 0 radical (unpaired) electrons. The summed E-state index contributed by atoms with van der Waals surface area (Å²) in [4.78, 5) is 2.77. The molecular weight excluding hydrogens is 170 g/mol. The zero-order valence-corrected chi connectivity index (χ0v) is 9.96. The van der Waals surface area contributed by atoms with E-state index in [0.717, 1.165) is 35.3 Å². The summed E-state index contributed by atoms with van der Waals surface area (Å²) >= 11 is 0. The number of likely N-dealkylation sites (tertiary alicyclic amines) is 1. The fourth-order valence-electron chi connectivity index (χ4n) is 4.24. The molecule has 2 saturated carbocycles. The van der Waals surface area contributed by atoms with Gasteiger partial charge in [-0.25, -0.2) is 0 Å². The predicted octanol–water partition coefficient (Wildman–Crippen LogP) is 2.76. The normalized spacial score (nSPS) is 43.7. The summed E-state index contributed by atoms with van der Waals surface area (Å²) in [7, 11) is 0. The first kappa shape index (κ1) is 9.21. The van der Waals surface area contributed by atoms with E-state index in [2.05, 4.69) is 32.6 Å². The highest BCUT2D eigenvalue weighted by Crippen LogP contribution is 2.79. The Labute approximate surface area is 87.9 Å². The molecule has 14 heavy (non-hydrogen) atoms. The van der Waals surface area contributed by atoms with Crippen LogP contribution < -0.4 is 0 Å². The van der Waals surface area contributed by atoms with Crippen molar-refractivity contribution in [3.05, 3.63) is 0 Å². The quantitative estimate of drug-likeness (QED) is 0.652. The minimum Gasteiger partial charge on any atom is -0.297 e. The van der Waals surface area contributed by atoms with Crippen LogP contribution in [-0.4, -0.2) is 23.5 Å². The average molecular weight is 193 g/mol. The number of hydrogen-bond donors (Lipinski definition) is 0. The van der Waals surface area contributed by atoms with Crippen LogP contribution in [0.5, 0.6) is 0 Å². The van der Waals surface area contributed by atoms with Gasteiger partial charge in [-0.3, -0.25) is 4.90 Å². The highest BCUT2D eigenvalue weighted by Gasteiger charge is 2.77. The molecular formula is C13H23N. The second kappa shape index (κ2) is 2.55. The van der Waals surface area contributed by atoms with Gasteiger partial charge in [-0.05, 0) is 49.9 Å². The van der Waals surface area contributed by atoms with E-state index in [0.29, 0.717) is 0 Å². The summed E-state index contributed by atoms with van der Waals surface area (Å²) in [5.74, 6) is 3.04. The molecule has 3 fully saturated rings. The molecule has 2 aliphatic carbocycles. The van der Waals surface area contributed by atoms with Gasteiger partial charge in [-0.15, -0.1) is 0 Å². The van der Waals surface area contributed by atoms with E-state index in [-0.39, 0.29) is 0 Å². The van der Waals surface area contributed by atoms with Crippen LogP contribution in [0, 0.1) is 23.2 Å². The highest BCUT2D eigenvalue weighted by atomic mass is 15.3. The van der Waals surface area contributed by atoms with Gasteiger partial charge < -0.3 is 0 Å². The zero-order valence-electron chi connectivity index (χ0n) is 9.96. The van der Waals surface area contributed by atoms with Gasteiger partial charge >= 0.3 is 0 Å². The minimum absolute atomic E-state index is 0.756. The summed E-state index contributed by atoms with van der Waals surface area (Å²) in [6.45, 7) is 11.0. The number of rotatable bonds is 2. The van der Waals surface area contributed by atoms with Gasteiger partial charge in [0.15, 0.2) is 0 Å². The average Bonchev–Trinajstić information content (AvgIpc) is 2.94. The monoisotopic (exact) mass is 193 g/mol. The van der Waals surface area contributed by atoms with E-state index in [1.807, 2.05) is 0 Å². The molecule has 1 aliphatic heterocycles. The van der Waals surface area contributed by atoms with Crippen LogP contribution in [0.4, 0.5) is 0 Å². The van der Waals surface area contributed by atoms with E-state index in [1.165, 1.54) is 6.54 Å². The number of piperidine rings is 1. The number of hydrogen-bond acceptors (Lipinski definition) is 1. The van der Waals surface area contributed by atoms with Crippen LogP contribution in [0.3, 0.4) is 0 Å². The smallest absolute Gasteiger partial charge is 0.0158 e. The van der Waals surface area contributed by atoms with E-state index < -0.39 is 0 Å². The van der Waals surface area contributed by atoms with Gasteiger partial charge in [0.05, 0.1) is 0 Å². The van der Waals surface area contributed by atoms with Crippen LogP contribution in [-0.2, 0) is 0 Å². The van der Waals surface area contributed by atoms with Crippen molar-refractivity contribution in [2.75, 3.05) is 6.54 Å². The molecule has 1 heteroatoms. The maximum atomic E-state index is 2.77. The lowest BCUT2D eigenvalue weighted by atomic mass is 9.96. The van der Waals surface area contributed by atoms with Crippen molar-refractivity contribution in [2.45, 2.75) is 52.6 Å². The summed E-state index contributed by atoms with van der Waals surface area (Å²) in [5.41, 5.74) is 0.889. The summed E-state index contributed by atoms with van der Waals surface area (Å²) in [5, 5.41) is 0. The topological polar surface area (TPSA) is 3.24 Å². The van der Waals surface area contributed by atoms with Crippen molar-refractivity contribution in [3.8, 4) is 0 Å². The molecule has 0 amide bonds. The standard InChI is InChI=1S/C13H23N/c1-8(2)12-11-10(13(11)5-6-13)7-14(12)9(3)4/h8-12H,5-7H2,1-4H3. The lowest BCUT2D eigenvalue weighted by molar-refractivity contribution is 0.122. The number of nitrogens with zero attached hydrogens (tertiary/aromatic N) is 1. The maximum Gasteiger partial charge on any atom is 0.0158 e. The van der Waals surface area contributed by atoms with E-state index >= 15 is 0 Å². The molecule has 0 N–H and O–H groups in total. The SMILES string of the molecule is CC(C)C1C2C(CN1C(C)C)C21CC1. The Bertz CT molecular complexity index is 250. The van der Waals surface area contributed by atoms with Crippen molar-refractivity contribution < 1.29 is 0 Å². The molecule has 0 aromatic heterocycles. The predicted molar refractivity (Wildman–Crippen MR) is 59.1 cm³/mol. The molecule has 1 nitrogen and oxygen atoms in total. The molecule has 3 unspecified atom stereocenters. The second-order valence-electron chi connectivity index (χ2n) is 6.39. The molecule has 3 aliphatic rings. The minimum atomic E-state index is 0.756. The fourth-order valence-corrected chi connectivity index (χ4v) is 4.24. The van der Waals surface area contributed by atoms with E-state index in [4.69, 9.17) is 0 Å². The van der Waals surface area contributed by atoms with Gasteiger partial charge in [0.25, 0.3) is 0 Å². The summed E-state index contributed by atoms with van der Waals surface area (Å²) in [6.07, 6.45) is 3.11. The lowest BCUT2D eigenvalue weighted by Crippen LogP contribution is -2.42. The molecule has 3 atom stereocenters. The molecule has 1 heterocycles. The van der Waals surface area contributed by atoms with E-state index in [9.17, 15) is 0 Å². The molecule has 0 aromatic rings. The Hall–Kier alpha value is -0.0400. The molecule has 0 bridgehead atoms. The molecule has 3 rings (SSSR count). The zero-order chi connectivity index (χ0) is 10.1. The second-order valence-corrected chi connectivity index (χ2v) is 6.39. The van der Waals surface area contributed by atoms with Gasteiger partial charge in [0.2, 0.25) is 0 Å². The van der Waals surface area contributed by atoms with Crippen molar-refractivity contribution >= 4 is 0 Å². The highest BCUT2D eigenvalue weighted by molar-refractivity contribution is 5.27. The third-order valence-electron chi connectivity index (χ3n) is 5.06. The molecule has 0 aromatic carbocycles. The summed E-state index contributed by atoms with van der Waals surface area (Å²) in [6, 6.07) is 1.66. The Kier molecular flexibility index (Phi) is 1.68. The third kappa shape index (κ3) is 0.946. The molecule has 1 spiro atoms. The number of fused-ring (bicyclic) bond motifs is 3. The lowest BCUT2D eigenvalue weighted by Gasteiger charge is -2.35. The molecule has 80 valence electrons. The van der Waals surface area contributed by atoms with Crippen LogP contribution in [0.15, 0.2) is 0 Å². The fraction of sp³-hybridized carbons (Fsp3) is 1.00. The first-order chi connectivity index (χ1) is 6.58. The van der Waals surface area contributed by atoms with Crippen LogP contribution >= 0.6 is 0 Å². The maximum absolute atomic E-state index is 2.77. The Morgan fingerprint density at radius 2 is 1.79 bits per heavy atom. The Morgan fingerprint density at radius 1 is 1.14 bits per heavy atom. The van der Waals surface area contributed by atoms with Gasteiger partial charge in [0, 0.05) is 18.6 Å². The van der Waals surface area contributed by atoms with Crippen molar-refractivity contribution in [3.63, 3.8) is 0 Å². The largest absolute Gasteiger partial charge is 0.297 e. The third-order valence-corrected chi connectivity index (χ3v) is 5.06. The summed E-state index contributed by atoms with van der Waals surface area (Å²) < 4.78 is 0.